The Balaban J connectivity index is 0.00000242. The van der Waals surface area contributed by atoms with Gasteiger partial charge in [0.15, 0.2) is 0 Å². The molecule has 0 unspecified atom stereocenters. The van der Waals surface area contributed by atoms with Crippen molar-refractivity contribution in [3.8, 4) is 11.4 Å². The van der Waals surface area contributed by atoms with Crippen LogP contribution in [0.3, 0.4) is 0 Å². The van der Waals surface area contributed by atoms with Crippen LogP contribution >= 0.6 is 23.7 Å². The lowest BCUT2D eigenvalue weighted by Gasteiger charge is -2.03. The van der Waals surface area contributed by atoms with Gasteiger partial charge >= 0.3 is 0 Å². The van der Waals surface area contributed by atoms with Gasteiger partial charge in [0.25, 0.3) is 0 Å². The van der Waals surface area contributed by atoms with Crippen molar-refractivity contribution in [1.29, 1.82) is 0 Å². The van der Waals surface area contributed by atoms with Gasteiger partial charge in [0.2, 0.25) is 11.7 Å². The highest BCUT2D eigenvalue weighted by Crippen LogP contribution is 2.16. The van der Waals surface area contributed by atoms with Crippen LogP contribution in [0, 0.1) is 0 Å². The molecule has 0 fully saturated rings. The molecule has 0 radical (unpaired) electrons. The number of halogens is 1. The quantitative estimate of drug-likeness (QED) is 0.671. The van der Waals surface area contributed by atoms with Gasteiger partial charge in [0.05, 0.1) is 13.1 Å². The fraction of sp³-hybridized carbons (Fsp3) is 0.538. The molecule has 2 aromatic rings. The van der Waals surface area contributed by atoms with Crippen molar-refractivity contribution >= 4 is 29.7 Å². The van der Waals surface area contributed by atoms with E-state index in [4.69, 9.17) is 5.73 Å². The van der Waals surface area contributed by atoms with E-state index in [0.717, 1.165) is 37.8 Å². The van der Waals surface area contributed by atoms with Gasteiger partial charge in [-0.15, -0.1) is 22.6 Å². The Kier molecular flexibility index (Phi) is 8.64. The molecule has 0 bridgehead atoms. The molecule has 7 nitrogen and oxygen atoms in total. The third-order valence-corrected chi connectivity index (χ3v) is 3.71. The Morgan fingerprint density at radius 2 is 2.14 bits per heavy atom. The highest BCUT2D eigenvalue weighted by molar-refractivity contribution is 7.08. The summed E-state index contributed by atoms with van der Waals surface area (Å²) in [6, 6.07) is 1.99. The zero-order valence-electron chi connectivity index (χ0n) is 12.3. The predicted octanol–water partition coefficient (Wildman–Crippen LogP) is 1.46. The fourth-order valence-electron chi connectivity index (χ4n) is 1.88. The van der Waals surface area contributed by atoms with Gasteiger partial charge in [-0.1, -0.05) is 12.8 Å². The minimum Gasteiger partial charge on any atom is -0.355 e. The second kappa shape index (κ2) is 10.3. The lowest BCUT2D eigenvalue weighted by molar-refractivity contribution is -0.119. The van der Waals surface area contributed by atoms with Gasteiger partial charge in [-0.3, -0.25) is 4.79 Å². The number of rotatable bonds is 9. The number of carbonyl (C=O) groups excluding carboxylic acids is 1. The Labute approximate surface area is 139 Å². The second-order valence-corrected chi connectivity index (χ2v) is 5.47. The lowest BCUT2D eigenvalue weighted by atomic mass is 10.2. The average Bonchev–Trinajstić information content (AvgIpc) is 3.16. The molecule has 1 amide bonds. The van der Waals surface area contributed by atoms with Crippen molar-refractivity contribution in [2.45, 2.75) is 32.2 Å². The standard InChI is InChI=1S/C13H20N6OS.ClH/c14-9-12(20)15-6-3-1-2-4-7-19-17-13(16-18-19)11-5-8-21-10-11;/h5,8,10H,1-4,6-7,9,14H2,(H,15,20);1H. The van der Waals surface area contributed by atoms with Crippen LogP contribution in [-0.2, 0) is 11.3 Å². The molecule has 0 aliphatic carbocycles. The van der Waals surface area contributed by atoms with Crippen LogP contribution in [0.15, 0.2) is 16.8 Å². The van der Waals surface area contributed by atoms with Crippen LogP contribution in [0.1, 0.15) is 25.7 Å². The van der Waals surface area contributed by atoms with Gasteiger partial charge < -0.3 is 11.1 Å². The van der Waals surface area contributed by atoms with Crippen molar-refractivity contribution < 1.29 is 4.79 Å². The molecule has 2 heterocycles. The molecule has 0 saturated heterocycles. The van der Waals surface area contributed by atoms with Gasteiger partial charge in [-0.2, -0.15) is 16.1 Å². The maximum atomic E-state index is 10.9. The van der Waals surface area contributed by atoms with Crippen molar-refractivity contribution in [1.82, 2.24) is 25.5 Å². The zero-order valence-corrected chi connectivity index (χ0v) is 13.9. The van der Waals surface area contributed by atoms with E-state index in [1.165, 1.54) is 0 Å². The number of nitrogens with two attached hydrogens (primary N) is 1. The van der Waals surface area contributed by atoms with Gasteiger partial charge in [0, 0.05) is 17.5 Å². The summed E-state index contributed by atoms with van der Waals surface area (Å²) in [6.07, 6.45) is 4.12. The summed E-state index contributed by atoms with van der Waals surface area (Å²) in [5.74, 6) is 0.587. The number of nitrogens with one attached hydrogen (secondary N) is 1. The average molecular weight is 345 g/mol. The minimum absolute atomic E-state index is 0. The smallest absolute Gasteiger partial charge is 0.233 e. The summed E-state index contributed by atoms with van der Waals surface area (Å²) in [4.78, 5) is 12.6. The van der Waals surface area contributed by atoms with Gasteiger partial charge in [-0.05, 0) is 29.5 Å². The molecule has 0 spiro atoms. The number of tetrazole rings is 1. The normalized spacial score (nSPS) is 10.2. The van der Waals surface area contributed by atoms with Gasteiger partial charge in [-0.25, -0.2) is 0 Å². The Morgan fingerprint density at radius 1 is 1.32 bits per heavy atom. The first-order valence-electron chi connectivity index (χ1n) is 7.07. The minimum atomic E-state index is -0.0947. The van der Waals surface area contributed by atoms with Crippen LogP contribution in [0.25, 0.3) is 11.4 Å². The number of aromatic nitrogens is 4. The lowest BCUT2D eigenvalue weighted by Crippen LogP contribution is -2.30. The zero-order chi connectivity index (χ0) is 14.9. The SMILES string of the molecule is Cl.NCC(=O)NCCCCCCn1nnc(-c2ccsc2)n1. The molecule has 0 atom stereocenters. The van der Waals surface area contributed by atoms with Gasteiger partial charge in [0.1, 0.15) is 0 Å². The van der Waals surface area contributed by atoms with E-state index < -0.39 is 0 Å². The van der Waals surface area contributed by atoms with E-state index in [1.807, 2.05) is 16.8 Å². The Bertz CT molecular complexity index is 544. The molecule has 9 heteroatoms. The van der Waals surface area contributed by atoms with Crippen molar-refractivity contribution in [3.05, 3.63) is 16.8 Å². The molecule has 0 aliphatic rings. The first-order valence-corrected chi connectivity index (χ1v) is 8.01. The highest BCUT2D eigenvalue weighted by atomic mass is 35.5. The van der Waals surface area contributed by atoms with E-state index in [-0.39, 0.29) is 24.9 Å². The molecule has 2 aromatic heterocycles. The van der Waals surface area contributed by atoms with E-state index in [1.54, 1.807) is 16.1 Å². The third-order valence-electron chi connectivity index (χ3n) is 3.02. The molecular formula is C13H21ClN6OS. The molecule has 122 valence electrons. The Morgan fingerprint density at radius 3 is 2.86 bits per heavy atom. The number of carbonyl (C=O) groups is 1. The third kappa shape index (κ3) is 6.08. The molecule has 0 aliphatic heterocycles. The van der Waals surface area contributed by atoms with Crippen molar-refractivity contribution in [2.75, 3.05) is 13.1 Å². The van der Waals surface area contributed by atoms with E-state index >= 15 is 0 Å². The van der Waals surface area contributed by atoms with E-state index in [2.05, 4.69) is 20.7 Å². The van der Waals surface area contributed by atoms with E-state index in [9.17, 15) is 4.79 Å². The largest absolute Gasteiger partial charge is 0.355 e. The summed E-state index contributed by atoms with van der Waals surface area (Å²) in [5, 5.41) is 19.2. The highest BCUT2D eigenvalue weighted by Gasteiger charge is 2.05. The second-order valence-electron chi connectivity index (χ2n) is 4.69. The number of unbranched alkanes of at least 4 members (excludes halogenated alkanes) is 3. The fourth-order valence-corrected chi connectivity index (χ4v) is 2.51. The first-order chi connectivity index (χ1) is 10.3. The van der Waals surface area contributed by atoms with Crippen molar-refractivity contribution in [3.63, 3.8) is 0 Å². The first kappa shape index (κ1) is 18.5. The van der Waals surface area contributed by atoms with Crippen LogP contribution in [-0.4, -0.2) is 39.2 Å². The summed E-state index contributed by atoms with van der Waals surface area (Å²) in [7, 11) is 0. The number of nitrogens with zero attached hydrogens (tertiary/aromatic N) is 4. The molecule has 0 saturated carbocycles. The van der Waals surface area contributed by atoms with Crippen LogP contribution in [0.4, 0.5) is 0 Å². The van der Waals surface area contributed by atoms with E-state index in [0.29, 0.717) is 12.4 Å². The molecule has 2 rings (SSSR count). The predicted molar refractivity (Wildman–Crippen MR) is 88.9 cm³/mol. The van der Waals surface area contributed by atoms with Crippen LogP contribution in [0.5, 0.6) is 0 Å². The molecular weight excluding hydrogens is 324 g/mol. The number of hydrogen-bond acceptors (Lipinski definition) is 6. The summed E-state index contributed by atoms with van der Waals surface area (Å²) >= 11 is 1.62. The molecule has 3 N–H and O–H groups in total. The number of thiophene rings is 1. The van der Waals surface area contributed by atoms with Crippen LogP contribution < -0.4 is 11.1 Å². The molecule has 22 heavy (non-hydrogen) atoms. The topological polar surface area (TPSA) is 98.7 Å². The molecule has 0 aromatic carbocycles. The number of aryl methyl sites for hydroxylation is 1. The maximum Gasteiger partial charge on any atom is 0.233 e. The number of hydrogen-bond donors (Lipinski definition) is 2. The number of amides is 1. The Hall–Kier alpha value is -1.51. The monoisotopic (exact) mass is 344 g/mol. The van der Waals surface area contributed by atoms with Crippen LogP contribution in [0.2, 0.25) is 0 Å². The summed E-state index contributed by atoms with van der Waals surface area (Å²) < 4.78 is 0. The van der Waals surface area contributed by atoms with Crippen molar-refractivity contribution in [2.24, 2.45) is 5.73 Å². The maximum absolute atomic E-state index is 10.9. The summed E-state index contributed by atoms with van der Waals surface area (Å²) in [6.45, 7) is 1.52. The summed E-state index contributed by atoms with van der Waals surface area (Å²) in [5.41, 5.74) is 6.22.